The highest BCUT2D eigenvalue weighted by atomic mass is 19.1. The number of hydrogen-bond donors (Lipinski definition) is 0. The lowest BCUT2D eigenvalue weighted by Gasteiger charge is -2.19. The van der Waals surface area contributed by atoms with Crippen molar-refractivity contribution in [2.24, 2.45) is 11.8 Å². The first-order valence-corrected chi connectivity index (χ1v) is 10.9. The number of piperidine rings is 2. The van der Waals surface area contributed by atoms with Gasteiger partial charge in [0.2, 0.25) is 0 Å². The first-order chi connectivity index (χ1) is 13.9. The molecule has 2 aliphatic heterocycles. The van der Waals surface area contributed by atoms with E-state index in [2.05, 4.69) is 23.8 Å². The monoisotopic (exact) mass is 396 g/mol. The fourth-order valence-electron chi connectivity index (χ4n) is 6.02. The molecule has 2 aromatic carbocycles. The van der Waals surface area contributed by atoms with Crippen molar-refractivity contribution in [2.45, 2.75) is 30.6 Å². The maximum absolute atomic E-state index is 12.8. The summed E-state index contributed by atoms with van der Waals surface area (Å²) >= 11 is 0. The molecule has 4 fully saturated rings. The standard InChI is InChI=1S/C13H16FN.C12H14FN/c1-2-15-8-11-7-13(11,9-15)10-3-5-12(14)6-4-10;1-14-7-10-6-12(10,8-14)9-2-4-11(13)5-3-9/h3-6,11H,2,7-9H2,1H3;2-5,10H,6-8H2,1H3. The van der Waals surface area contributed by atoms with Crippen molar-refractivity contribution in [1.82, 2.24) is 9.80 Å². The van der Waals surface area contributed by atoms with Gasteiger partial charge in [0.05, 0.1) is 0 Å². The summed E-state index contributed by atoms with van der Waals surface area (Å²) in [6, 6.07) is 14.2. The third kappa shape index (κ3) is 3.30. The molecule has 2 aliphatic carbocycles. The van der Waals surface area contributed by atoms with Crippen molar-refractivity contribution in [3.05, 3.63) is 71.3 Å². The Labute approximate surface area is 172 Å². The average molecular weight is 397 g/mol. The van der Waals surface area contributed by atoms with Crippen LogP contribution < -0.4 is 0 Å². The zero-order valence-electron chi connectivity index (χ0n) is 17.4. The van der Waals surface area contributed by atoms with Crippen LogP contribution in [0, 0.1) is 23.5 Å². The van der Waals surface area contributed by atoms with Crippen molar-refractivity contribution < 1.29 is 8.78 Å². The summed E-state index contributed by atoms with van der Waals surface area (Å²) < 4.78 is 25.6. The second-order valence-electron chi connectivity index (χ2n) is 9.65. The Balaban J connectivity index is 0.000000125. The topological polar surface area (TPSA) is 6.48 Å². The van der Waals surface area contributed by atoms with Crippen LogP contribution >= 0.6 is 0 Å². The Morgan fingerprint density at radius 3 is 1.69 bits per heavy atom. The van der Waals surface area contributed by atoms with Gasteiger partial charge in [-0.2, -0.15) is 0 Å². The van der Waals surface area contributed by atoms with Crippen LogP contribution in [-0.2, 0) is 10.8 Å². The summed E-state index contributed by atoms with van der Waals surface area (Å²) in [6.45, 7) is 8.09. The molecule has 0 radical (unpaired) electrons. The van der Waals surface area contributed by atoms with E-state index in [9.17, 15) is 8.78 Å². The molecule has 2 aromatic rings. The van der Waals surface area contributed by atoms with E-state index >= 15 is 0 Å². The Morgan fingerprint density at radius 2 is 1.28 bits per heavy atom. The van der Waals surface area contributed by atoms with E-state index in [0.29, 0.717) is 10.8 Å². The third-order valence-electron chi connectivity index (χ3n) is 7.82. The third-order valence-corrected chi connectivity index (χ3v) is 7.82. The normalized spacial score (nSPS) is 34.9. The molecule has 6 rings (SSSR count). The summed E-state index contributed by atoms with van der Waals surface area (Å²) in [5.74, 6) is 1.38. The molecule has 0 spiro atoms. The van der Waals surface area contributed by atoms with Gasteiger partial charge in [-0.3, -0.25) is 0 Å². The Bertz CT molecular complexity index is 881. The fraction of sp³-hybridized carbons (Fsp3) is 0.520. The molecule has 0 amide bonds. The Hall–Kier alpha value is -1.78. The van der Waals surface area contributed by atoms with Crippen molar-refractivity contribution in [3.8, 4) is 0 Å². The quantitative estimate of drug-likeness (QED) is 0.756. The first kappa shape index (κ1) is 19.2. The molecular weight excluding hydrogens is 366 g/mol. The molecule has 2 saturated carbocycles. The maximum atomic E-state index is 12.8. The minimum Gasteiger partial charge on any atom is -0.305 e. The van der Waals surface area contributed by atoms with E-state index in [1.807, 2.05) is 24.3 Å². The van der Waals surface area contributed by atoms with E-state index in [1.54, 1.807) is 24.3 Å². The van der Waals surface area contributed by atoms with Crippen LogP contribution in [0.25, 0.3) is 0 Å². The summed E-state index contributed by atoms with van der Waals surface area (Å²) in [7, 11) is 2.16. The summed E-state index contributed by atoms with van der Waals surface area (Å²) in [6.07, 6.45) is 2.60. The van der Waals surface area contributed by atoms with Crippen LogP contribution in [0.2, 0.25) is 0 Å². The SMILES string of the molecule is CCN1CC2CC2(c2ccc(F)cc2)C1.CN1CC2CC2(c2ccc(F)cc2)C1. The number of likely N-dealkylation sites (tertiary alicyclic amines) is 2. The molecule has 2 nitrogen and oxygen atoms in total. The lowest BCUT2D eigenvalue weighted by Crippen LogP contribution is -2.26. The number of hydrogen-bond acceptors (Lipinski definition) is 2. The number of fused-ring (bicyclic) bond motifs is 2. The van der Waals surface area contributed by atoms with Crippen molar-refractivity contribution in [1.29, 1.82) is 0 Å². The van der Waals surface area contributed by atoms with Gasteiger partial charge in [-0.15, -0.1) is 0 Å². The van der Waals surface area contributed by atoms with Gasteiger partial charge in [0.1, 0.15) is 11.6 Å². The smallest absolute Gasteiger partial charge is 0.123 e. The predicted molar refractivity (Wildman–Crippen MR) is 112 cm³/mol. The number of halogens is 2. The molecule has 4 heteroatoms. The van der Waals surface area contributed by atoms with E-state index in [-0.39, 0.29) is 11.6 Å². The van der Waals surface area contributed by atoms with Gasteiger partial charge >= 0.3 is 0 Å². The van der Waals surface area contributed by atoms with Gasteiger partial charge in [-0.1, -0.05) is 31.2 Å². The predicted octanol–water partition coefficient (Wildman–Crippen LogP) is 4.45. The summed E-state index contributed by atoms with van der Waals surface area (Å²) in [5, 5.41) is 0. The highest BCUT2D eigenvalue weighted by Gasteiger charge is 2.60. The highest BCUT2D eigenvalue weighted by Crippen LogP contribution is 2.59. The first-order valence-electron chi connectivity index (χ1n) is 10.9. The minimum absolute atomic E-state index is 0.127. The van der Waals surface area contributed by atoms with E-state index in [0.717, 1.165) is 24.9 Å². The molecule has 0 aromatic heterocycles. The minimum atomic E-state index is -0.131. The lowest BCUT2D eigenvalue weighted by atomic mass is 9.95. The molecule has 2 saturated heterocycles. The molecular formula is C25H30F2N2. The Kier molecular flexibility index (Phi) is 4.56. The van der Waals surface area contributed by atoms with Gasteiger partial charge in [-0.05, 0) is 73.7 Å². The Morgan fingerprint density at radius 1 is 0.793 bits per heavy atom. The van der Waals surface area contributed by atoms with Crippen LogP contribution in [0.4, 0.5) is 8.78 Å². The second-order valence-corrected chi connectivity index (χ2v) is 9.65. The molecule has 4 aliphatic rings. The van der Waals surface area contributed by atoms with Gasteiger partial charge in [0, 0.05) is 37.0 Å². The molecule has 2 heterocycles. The average Bonchev–Trinajstić information content (AvgIpc) is 3.52. The molecule has 0 bridgehead atoms. The van der Waals surface area contributed by atoms with Crippen LogP contribution in [0.15, 0.2) is 48.5 Å². The summed E-state index contributed by atoms with van der Waals surface area (Å²) in [5.41, 5.74) is 3.42. The zero-order chi connectivity index (χ0) is 20.2. The second kappa shape index (κ2) is 6.88. The van der Waals surface area contributed by atoms with E-state index < -0.39 is 0 Å². The molecule has 154 valence electrons. The molecule has 4 atom stereocenters. The number of benzene rings is 2. The van der Waals surface area contributed by atoms with Crippen LogP contribution in [0.3, 0.4) is 0 Å². The van der Waals surface area contributed by atoms with Gasteiger partial charge in [-0.25, -0.2) is 8.78 Å². The number of rotatable bonds is 3. The van der Waals surface area contributed by atoms with Crippen LogP contribution in [-0.4, -0.2) is 49.6 Å². The fourth-order valence-corrected chi connectivity index (χ4v) is 6.02. The van der Waals surface area contributed by atoms with Crippen LogP contribution in [0.1, 0.15) is 30.9 Å². The van der Waals surface area contributed by atoms with Gasteiger partial charge < -0.3 is 9.80 Å². The van der Waals surface area contributed by atoms with Crippen LogP contribution in [0.5, 0.6) is 0 Å². The van der Waals surface area contributed by atoms with Gasteiger partial charge in [0.15, 0.2) is 0 Å². The maximum Gasteiger partial charge on any atom is 0.123 e. The van der Waals surface area contributed by atoms with Crippen molar-refractivity contribution >= 4 is 0 Å². The highest BCUT2D eigenvalue weighted by molar-refractivity contribution is 5.38. The zero-order valence-corrected chi connectivity index (χ0v) is 17.4. The summed E-state index contributed by atoms with van der Waals surface area (Å²) in [4.78, 5) is 4.87. The number of nitrogens with zero attached hydrogens (tertiary/aromatic N) is 2. The molecule has 4 unspecified atom stereocenters. The lowest BCUT2D eigenvalue weighted by molar-refractivity contribution is 0.314. The molecule has 0 N–H and O–H groups in total. The van der Waals surface area contributed by atoms with Gasteiger partial charge in [0.25, 0.3) is 0 Å². The van der Waals surface area contributed by atoms with Crippen molar-refractivity contribution in [3.63, 3.8) is 0 Å². The van der Waals surface area contributed by atoms with E-state index in [1.165, 1.54) is 43.6 Å². The largest absolute Gasteiger partial charge is 0.305 e. The number of likely N-dealkylation sites (N-methyl/N-ethyl adjacent to an activating group) is 2. The van der Waals surface area contributed by atoms with E-state index in [4.69, 9.17) is 0 Å². The van der Waals surface area contributed by atoms with Crippen molar-refractivity contribution in [2.75, 3.05) is 39.8 Å². The molecule has 29 heavy (non-hydrogen) atoms.